The van der Waals surface area contributed by atoms with E-state index >= 15 is 0 Å². The van der Waals surface area contributed by atoms with Gasteiger partial charge in [0, 0.05) is 6.61 Å². The quantitative estimate of drug-likeness (QED) is 0.139. The summed E-state index contributed by atoms with van der Waals surface area (Å²) in [6.07, 6.45) is 16.1. The molecule has 3 nitrogen and oxygen atoms in total. The Morgan fingerprint density at radius 2 is 1.30 bits per heavy atom. The first-order valence-electron chi connectivity index (χ1n) is 12.7. The molecule has 0 radical (unpaired) electrons. The highest BCUT2D eigenvalue weighted by Gasteiger charge is 2.39. The number of hydrogen-bond donors (Lipinski definition) is 1. The van der Waals surface area contributed by atoms with Gasteiger partial charge in [-0.25, -0.2) is 0 Å². The molecule has 0 bridgehead atoms. The van der Waals surface area contributed by atoms with Crippen molar-refractivity contribution in [2.75, 3.05) is 31.3 Å². The van der Waals surface area contributed by atoms with Gasteiger partial charge in [-0.15, -0.1) is 0 Å². The van der Waals surface area contributed by atoms with Crippen molar-refractivity contribution >= 4 is 20.1 Å². The van der Waals surface area contributed by atoms with Gasteiger partial charge in [-0.2, -0.15) is 11.8 Å². The molecular weight excluding hydrogens is 408 g/mol. The third-order valence-corrected chi connectivity index (χ3v) is 11.9. The van der Waals surface area contributed by atoms with Crippen molar-refractivity contribution in [3.05, 3.63) is 0 Å². The average Bonchev–Trinajstić information content (AvgIpc) is 2.68. The highest BCUT2D eigenvalue weighted by atomic mass is 32.2. The number of hydrogen-bond acceptors (Lipinski definition) is 4. The molecule has 5 heteroatoms. The van der Waals surface area contributed by atoms with Crippen molar-refractivity contribution < 1.29 is 14.3 Å². The number of ether oxygens (including phenoxy) is 1. The summed E-state index contributed by atoms with van der Waals surface area (Å²) in [5.41, 5.74) is 0. The van der Waals surface area contributed by atoms with Gasteiger partial charge in [0.05, 0.1) is 19.3 Å². The zero-order valence-electron chi connectivity index (χ0n) is 21.3. The van der Waals surface area contributed by atoms with E-state index in [0.717, 1.165) is 13.0 Å². The molecule has 182 valence electrons. The molecule has 0 aliphatic carbocycles. The van der Waals surface area contributed by atoms with Gasteiger partial charge >= 0.3 is 0 Å². The molecule has 0 aliphatic rings. The Kier molecular flexibility index (Phi) is 19.2. The molecule has 1 N–H and O–H groups in total. The molecule has 0 spiro atoms. The Labute approximate surface area is 194 Å². The van der Waals surface area contributed by atoms with E-state index in [1.807, 2.05) is 0 Å². The molecular formula is C25H54O3SSi. The largest absolute Gasteiger partial charge is 0.409 e. The molecule has 0 saturated carbocycles. The van der Waals surface area contributed by atoms with E-state index in [1.165, 1.54) is 82.1 Å². The smallest absolute Gasteiger partial charge is 0.192 e. The molecule has 30 heavy (non-hydrogen) atoms. The molecule has 0 unspecified atom stereocenters. The third-order valence-electron chi connectivity index (χ3n) is 6.24. The van der Waals surface area contributed by atoms with E-state index in [0.29, 0.717) is 6.61 Å². The van der Waals surface area contributed by atoms with Gasteiger partial charge in [-0.1, -0.05) is 85.5 Å². The summed E-state index contributed by atoms with van der Waals surface area (Å²) in [4.78, 5) is 0. The van der Waals surface area contributed by atoms with Crippen LogP contribution in [0.15, 0.2) is 0 Å². The lowest BCUT2D eigenvalue weighted by Crippen LogP contribution is -2.46. The predicted molar refractivity (Wildman–Crippen MR) is 138 cm³/mol. The summed E-state index contributed by atoms with van der Waals surface area (Å²) in [7, 11) is -1.84. The third kappa shape index (κ3) is 17.1. The van der Waals surface area contributed by atoms with Crippen molar-refractivity contribution in [2.24, 2.45) is 0 Å². The summed E-state index contributed by atoms with van der Waals surface area (Å²) < 4.78 is 12.0. The number of aliphatic hydroxyl groups excluding tert-OH is 1. The monoisotopic (exact) mass is 462 g/mol. The molecule has 0 rings (SSSR count). The van der Waals surface area contributed by atoms with Crippen LogP contribution in [0.25, 0.3) is 0 Å². The van der Waals surface area contributed by atoms with Crippen molar-refractivity contribution in [1.82, 2.24) is 0 Å². The maximum Gasteiger partial charge on any atom is 0.192 e. The van der Waals surface area contributed by atoms with Crippen molar-refractivity contribution in [1.29, 1.82) is 0 Å². The molecule has 0 fully saturated rings. The van der Waals surface area contributed by atoms with Crippen LogP contribution in [0.5, 0.6) is 0 Å². The lowest BCUT2D eigenvalue weighted by molar-refractivity contribution is 0.0119. The van der Waals surface area contributed by atoms with Crippen LogP contribution < -0.4 is 0 Å². The Morgan fingerprint density at radius 1 is 0.800 bits per heavy atom. The van der Waals surface area contributed by atoms with Crippen LogP contribution in [0.3, 0.4) is 0 Å². The zero-order valence-corrected chi connectivity index (χ0v) is 23.1. The standard InChI is InChI=1S/C25H54O3SSi/c1-7-8-9-10-14-17-20-29-21-18-15-12-11-13-16-19-27-23-24(22-26)28-30(5,6)25(2,3)4/h24,26H,7-23H2,1-6H3/t24-/m0/s1. The zero-order chi connectivity index (χ0) is 22.7. The second-order valence-corrected chi connectivity index (χ2v) is 16.2. The van der Waals surface area contributed by atoms with Crippen LogP contribution in [-0.4, -0.2) is 50.9 Å². The highest BCUT2D eigenvalue weighted by molar-refractivity contribution is 7.99. The first kappa shape index (κ1) is 30.4. The van der Waals surface area contributed by atoms with Crippen molar-refractivity contribution in [3.63, 3.8) is 0 Å². The molecule has 1 atom stereocenters. The fourth-order valence-electron chi connectivity index (χ4n) is 3.13. The normalized spacial score (nSPS) is 13.7. The minimum atomic E-state index is -1.84. The Balaban J connectivity index is 3.43. The molecule has 0 aliphatic heterocycles. The van der Waals surface area contributed by atoms with Crippen LogP contribution in [-0.2, 0) is 9.16 Å². The Bertz CT molecular complexity index is 372. The van der Waals surface area contributed by atoms with E-state index in [2.05, 4.69) is 52.6 Å². The van der Waals surface area contributed by atoms with Crippen molar-refractivity contribution in [3.8, 4) is 0 Å². The van der Waals surface area contributed by atoms with Crippen LogP contribution in [0.2, 0.25) is 18.1 Å². The van der Waals surface area contributed by atoms with Crippen LogP contribution >= 0.6 is 11.8 Å². The second-order valence-electron chi connectivity index (χ2n) is 10.3. The molecule has 0 amide bonds. The fourth-order valence-corrected chi connectivity index (χ4v) is 5.48. The van der Waals surface area contributed by atoms with E-state index in [1.54, 1.807) is 0 Å². The lowest BCUT2D eigenvalue weighted by atomic mass is 10.1. The second kappa shape index (κ2) is 19.0. The molecule has 0 heterocycles. The summed E-state index contributed by atoms with van der Waals surface area (Å²) >= 11 is 2.15. The highest BCUT2D eigenvalue weighted by Crippen LogP contribution is 2.37. The number of rotatable bonds is 21. The minimum Gasteiger partial charge on any atom is -0.409 e. The van der Waals surface area contributed by atoms with E-state index < -0.39 is 8.32 Å². The average molecular weight is 463 g/mol. The number of unbranched alkanes of at least 4 members (excludes halogenated alkanes) is 10. The Morgan fingerprint density at radius 3 is 1.80 bits per heavy atom. The van der Waals surface area contributed by atoms with Gasteiger partial charge in [0.25, 0.3) is 0 Å². The first-order chi connectivity index (χ1) is 14.2. The SMILES string of the molecule is CCCCCCCCSCCCCCCCCOC[C@H](CO)O[Si](C)(C)C(C)(C)C. The minimum absolute atomic E-state index is 0.0450. The topological polar surface area (TPSA) is 38.7 Å². The van der Waals surface area contributed by atoms with Gasteiger partial charge < -0.3 is 14.3 Å². The van der Waals surface area contributed by atoms with Crippen LogP contribution in [0.1, 0.15) is 105 Å². The van der Waals surface area contributed by atoms with Crippen LogP contribution in [0, 0.1) is 0 Å². The van der Waals surface area contributed by atoms with Gasteiger partial charge in [0.1, 0.15) is 0 Å². The maximum atomic E-state index is 9.61. The molecule has 0 aromatic carbocycles. The van der Waals surface area contributed by atoms with E-state index in [4.69, 9.17) is 9.16 Å². The van der Waals surface area contributed by atoms with Gasteiger partial charge in [-0.05, 0) is 48.9 Å². The molecule has 0 aromatic heterocycles. The maximum absolute atomic E-state index is 9.61. The summed E-state index contributed by atoms with van der Waals surface area (Å²) in [5.74, 6) is 2.70. The summed E-state index contributed by atoms with van der Waals surface area (Å²) in [6.45, 7) is 14.7. The number of thioether (sulfide) groups is 1. The first-order valence-corrected chi connectivity index (χ1v) is 16.7. The van der Waals surface area contributed by atoms with Crippen molar-refractivity contribution in [2.45, 2.75) is 129 Å². The number of aliphatic hydroxyl groups is 1. The lowest BCUT2D eigenvalue weighted by Gasteiger charge is -2.38. The van der Waals surface area contributed by atoms with Gasteiger partial charge in [0.15, 0.2) is 8.32 Å². The predicted octanol–water partition coefficient (Wildman–Crippen LogP) is 7.82. The van der Waals surface area contributed by atoms with Gasteiger partial charge in [0.2, 0.25) is 0 Å². The van der Waals surface area contributed by atoms with Crippen LogP contribution in [0.4, 0.5) is 0 Å². The van der Waals surface area contributed by atoms with Gasteiger partial charge in [-0.3, -0.25) is 0 Å². The Hall–Kier alpha value is 0.447. The van der Waals surface area contributed by atoms with E-state index in [9.17, 15) is 5.11 Å². The molecule has 0 aromatic rings. The van der Waals surface area contributed by atoms with E-state index in [-0.39, 0.29) is 17.7 Å². The fraction of sp³-hybridized carbons (Fsp3) is 1.00. The summed E-state index contributed by atoms with van der Waals surface area (Å²) in [6, 6.07) is 0. The molecule has 0 saturated heterocycles. The summed E-state index contributed by atoms with van der Waals surface area (Å²) in [5, 5.41) is 9.77.